The van der Waals surface area contributed by atoms with Crippen molar-refractivity contribution in [3.05, 3.63) is 0 Å². The topological polar surface area (TPSA) is 41.6 Å². The monoisotopic (exact) mass is 209 g/mol. The van der Waals surface area contributed by atoms with Crippen LogP contribution in [-0.4, -0.2) is 30.5 Å². The van der Waals surface area contributed by atoms with Gasteiger partial charge in [0.25, 0.3) is 0 Å². The molecule has 2 aliphatic rings. The Hall–Kier alpha value is -0.730. The van der Waals surface area contributed by atoms with Crippen LogP contribution >= 0.6 is 0 Å². The van der Waals surface area contributed by atoms with E-state index >= 15 is 0 Å². The quantitative estimate of drug-likeness (QED) is 0.569. The van der Waals surface area contributed by atoms with Crippen molar-refractivity contribution in [2.24, 2.45) is 22.6 Å². The van der Waals surface area contributed by atoms with Crippen molar-refractivity contribution in [1.29, 1.82) is 0 Å². The summed E-state index contributed by atoms with van der Waals surface area (Å²) in [6.45, 7) is 5.42. The van der Waals surface area contributed by atoms with Crippen LogP contribution in [0.5, 0.6) is 0 Å². The van der Waals surface area contributed by atoms with Crippen LogP contribution in [-0.2, 0) is 0 Å². The Labute approximate surface area is 92.7 Å². The molecule has 2 rings (SSSR count). The number of aliphatic imine (C=N–C) groups is 1. The molecule has 1 saturated heterocycles. The Morgan fingerprint density at radius 1 is 1.40 bits per heavy atom. The van der Waals surface area contributed by atoms with Gasteiger partial charge < -0.3 is 10.6 Å². The van der Waals surface area contributed by atoms with Crippen LogP contribution < -0.4 is 5.73 Å². The van der Waals surface area contributed by atoms with Crippen LogP contribution in [0.4, 0.5) is 0 Å². The van der Waals surface area contributed by atoms with Crippen molar-refractivity contribution in [1.82, 2.24) is 4.90 Å². The molecule has 0 aromatic rings. The lowest BCUT2D eigenvalue weighted by atomic mass is 10.0. The van der Waals surface area contributed by atoms with Crippen LogP contribution in [0.1, 0.15) is 39.0 Å². The highest BCUT2D eigenvalue weighted by Crippen LogP contribution is 2.32. The van der Waals surface area contributed by atoms with Crippen LogP contribution in [0.15, 0.2) is 4.99 Å². The molecule has 1 atom stereocenters. The van der Waals surface area contributed by atoms with E-state index in [1.807, 2.05) is 0 Å². The third-order valence-corrected chi connectivity index (χ3v) is 3.49. The summed E-state index contributed by atoms with van der Waals surface area (Å²) >= 11 is 0. The molecule has 0 bridgehead atoms. The molecule has 3 heteroatoms. The SMILES string of the molecule is CC1CCCN(C(N)=NCCC2CC2)C1. The fourth-order valence-electron chi connectivity index (χ4n) is 2.27. The summed E-state index contributed by atoms with van der Waals surface area (Å²) in [7, 11) is 0. The maximum absolute atomic E-state index is 5.99. The molecule has 1 heterocycles. The molecule has 86 valence electrons. The predicted octanol–water partition coefficient (Wildman–Crippen LogP) is 1.83. The van der Waals surface area contributed by atoms with Crippen molar-refractivity contribution in [2.75, 3.05) is 19.6 Å². The van der Waals surface area contributed by atoms with Gasteiger partial charge in [-0.2, -0.15) is 0 Å². The maximum atomic E-state index is 5.99. The number of hydrogen-bond donors (Lipinski definition) is 1. The minimum Gasteiger partial charge on any atom is -0.370 e. The van der Waals surface area contributed by atoms with Gasteiger partial charge in [-0.1, -0.05) is 19.8 Å². The third-order valence-electron chi connectivity index (χ3n) is 3.49. The van der Waals surface area contributed by atoms with Gasteiger partial charge >= 0.3 is 0 Å². The molecule has 1 unspecified atom stereocenters. The number of guanidine groups is 1. The maximum Gasteiger partial charge on any atom is 0.191 e. The largest absolute Gasteiger partial charge is 0.370 e. The van der Waals surface area contributed by atoms with E-state index in [1.54, 1.807) is 0 Å². The molecular formula is C12H23N3. The highest BCUT2D eigenvalue weighted by Gasteiger charge is 2.21. The van der Waals surface area contributed by atoms with Crippen LogP contribution in [0.3, 0.4) is 0 Å². The van der Waals surface area contributed by atoms with Gasteiger partial charge in [0.1, 0.15) is 0 Å². The molecule has 0 aromatic heterocycles. The standard InChI is InChI=1S/C12H23N3/c1-10-3-2-8-15(9-10)12(13)14-7-6-11-4-5-11/h10-11H,2-9H2,1H3,(H2,13,14). The van der Waals surface area contributed by atoms with E-state index in [4.69, 9.17) is 5.73 Å². The lowest BCUT2D eigenvalue weighted by Gasteiger charge is -2.31. The normalized spacial score (nSPS) is 28.2. The van der Waals surface area contributed by atoms with Gasteiger partial charge in [0.15, 0.2) is 5.96 Å². The van der Waals surface area contributed by atoms with Gasteiger partial charge in [-0.25, -0.2) is 0 Å². The first-order valence-electron chi connectivity index (χ1n) is 6.30. The van der Waals surface area contributed by atoms with E-state index in [2.05, 4.69) is 16.8 Å². The molecule has 1 aliphatic heterocycles. The molecule has 1 saturated carbocycles. The number of hydrogen-bond acceptors (Lipinski definition) is 1. The van der Waals surface area contributed by atoms with E-state index < -0.39 is 0 Å². The van der Waals surface area contributed by atoms with Crippen molar-refractivity contribution < 1.29 is 0 Å². The molecule has 1 aliphatic carbocycles. The van der Waals surface area contributed by atoms with Gasteiger partial charge in [0.2, 0.25) is 0 Å². The van der Waals surface area contributed by atoms with Crippen LogP contribution in [0.2, 0.25) is 0 Å². The molecule has 0 spiro atoms. The number of rotatable bonds is 3. The molecular weight excluding hydrogens is 186 g/mol. The van der Waals surface area contributed by atoms with E-state index in [9.17, 15) is 0 Å². The minimum atomic E-state index is 0.774. The Bertz CT molecular complexity index is 233. The van der Waals surface area contributed by atoms with E-state index in [0.717, 1.165) is 37.4 Å². The second kappa shape index (κ2) is 4.86. The first kappa shape index (κ1) is 10.8. The number of nitrogens with two attached hydrogens (primary N) is 1. The van der Waals surface area contributed by atoms with Crippen LogP contribution in [0, 0.1) is 11.8 Å². The van der Waals surface area contributed by atoms with Gasteiger partial charge in [0, 0.05) is 19.6 Å². The summed E-state index contributed by atoms with van der Waals surface area (Å²) in [5.41, 5.74) is 5.99. The molecule has 15 heavy (non-hydrogen) atoms. The number of nitrogens with zero attached hydrogens (tertiary/aromatic N) is 2. The fourth-order valence-corrected chi connectivity index (χ4v) is 2.27. The first-order valence-corrected chi connectivity index (χ1v) is 6.30. The van der Waals surface area contributed by atoms with Gasteiger partial charge in [-0.15, -0.1) is 0 Å². The molecule has 0 aromatic carbocycles. The first-order chi connectivity index (χ1) is 7.25. The average Bonchev–Trinajstić information content (AvgIpc) is 3.01. The lowest BCUT2D eigenvalue weighted by Crippen LogP contribution is -2.43. The highest BCUT2D eigenvalue weighted by molar-refractivity contribution is 5.78. The van der Waals surface area contributed by atoms with Crippen molar-refractivity contribution in [3.63, 3.8) is 0 Å². The lowest BCUT2D eigenvalue weighted by molar-refractivity contribution is 0.270. The smallest absolute Gasteiger partial charge is 0.191 e. The second-order valence-corrected chi connectivity index (χ2v) is 5.17. The molecule has 0 amide bonds. The summed E-state index contributed by atoms with van der Waals surface area (Å²) < 4.78 is 0. The Morgan fingerprint density at radius 2 is 2.20 bits per heavy atom. The van der Waals surface area contributed by atoms with Gasteiger partial charge in [-0.3, -0.25) is 4.99 Å². The van der Waals surface area contributed by atoms with E-state index in [1.165, 1.54) is 32.1 Å². The molecule has 0 radical (unpaired) electrons. The van der Waals surface area contributed by atoms with Crippen molar-refractivity contribution in [2.45, 2.75) is 39.0 Å². The Kier molecular flexibility index (Phi) is 3.49. The van der Waals surface area contributed by atoms with Crippen molar-refractivity contribution in [3.8, 4) is 0 Å². The molecule has 2 fully saturated rings. The zero-order chi connectivity index (χ0) is 10.7. The zero-order valence-electron chi connectivity index (χ0n) is 9.78. The minimum absolute atomic E-state index is 0.774. The Balaban J connectivity index is 1.74. The van der Waals surface area contributed by atoms with E-state index in [-0.39, 0.29) is 0 Å². The van der Waals surface area contributed by atoms with E-state index in [0.29, 0.717) is 0 Å². The molecule has 2 N–H and O–H groups in total. The Morgan fingerprint density at radius 3 is 2.87 bits per heavy atom. The molecule has 3 nitrogen and oxygen atoms in total. The third kappa shape index (κ3) is 3.40. The van der Waals surface area contributed by atoms with Gasteiger partial charge in [0.05, 0.1) is 0 Å². The summed E-state index contributed by atoms with van der Waals surface area (Å²) in [5, 5.41) is 0. The second-order valence-electron chi connectivity index (χ2n) is 5.17. The average molecular weight is 209 g/mol. The van der Waals surface area contributed by atoms with Crippen molar-refractivity contribution >= 4 is 5.96 Å². The highest BCUT2D eigenvalue weighted by atomic mass is 15.3. The van der Waals surface area contributed by atoms with Gasteiger partial charge in [-0.05, 0) is 31.1 Å². The number of piperidine rings is 1. The predicted molar refractivity (Wildman–Crippen MR) is 63.8 cm³/mol. The summed E-state index contributed by atoms with van der Waals surface area (Å²) in [6.07, 6.45) is 6.67. The number of likely N-dealkylation sites (tertiary alicyclic amines) is 1. The summed E-state index contributed by atoms with van der Waals surface area (Å²) in [6, 6.07) is 0. The summed E-state index contributed by atoms with van der Waals surface area (Å²) in [5.74, 6) is 2.51. The summed E-state index contributed by atoms with van der Waals surface area (Å²) in [4.78, 5) is 6.73. The van der Waals surface area contributed by atoms with Crippen LogP contribution in [0.25, 0.3) is 0 Å². The zero-order valence-corrected chi connectivity index (χ0v) is 9.78. The fraction of sp³-hybridized carbons (Fsp3) is 0.917.